The molecule has 0 atom stereocenters. The molecule has 1 radical (unpaired) electrons. The van der Waals surface area contributed by atoms with Crippen molar-refractivity contribution >= 4 is 0 Å². The van der Waals surface area contributed by atoms with Crippen molar-refractivity contribution in [2.24, 2.45) is 5.92 Å². The highest BCUT2D eigenvalue weighted by Gasteiger charge is 2.21. The topological polar surface area (TPSA) is 9.23 Å². The third-order valence-corrected chi connectivity index (χ3v) is 3.29. The molecule has 1 heteroatoms. The Morgan fingerprint density at radius 3 is 2.56 bits per heavy atom. The van der Waals surface area contributed by atoms with E-state index in [1.807, 2.05) is 18.2 Å². The minimum absolute atomic E-state index is 0.810. The first-order chi connectivity index (χ1) is 8.90. The Morgan fingerprint density at radius 1 is 1.06 bits per heavy atom. The fraction of sp³-hybridized carbons (Fsp3) is 0.294. The smallest absolute Gasteiger partial charge is 0.119 e. The summed E-state index contributed by atoms with van der Waals surface area (Å²) in [5.74, 6) is 1.80. The Kier molecular flexibility index (Phi) is 3.31. The Hall–Kier alpha value is -1.76. The maximum absolute atomic E-state index is 5.73. The van der Waals surface area contributed by atoms with Gasteiger partial charge in [0.25, 0.3) is 0 Å². The second-order valence-electron chi connectivity index (χ2n) is 4.99. The highest BCUT2D eigenvalue weighted by molar-refractivity contribution is 5.31. The zero-order valence-corrected chi connectivity index (χ0v) is 10.4. The average Bonchev–Trinajstić information content (AvgIpc) is 3.23. The van der Waals surface area contributed by atoms with Crippen LogP contribution in [-0.4, -0.2) is 6.61 Å². The summed E-state index contributed by atoms with van der Waals surface area (Å²) >= 11 is 0. The van der Waals surface area contributed by atoms with Gasteiger partial charge in [0.2, 0.25) is 0 Å². The third-order valence-electron chi connectivity index (χ3n) is 3.29. The number of hydrogen-bond donors (Lipinski definition) is 0. The van der Waals surface area contributed by atoms with Crippen molar-refractivity contribution in [2.75, 3.05) is 6.61 Å². The van der Waals surface area contributed by atoms with Crippen molar-refractivity contribution < 1.29 is 4.74 Å². The molecule has 1 aliphatic rings. The highest BCUT2D eigenvalue weighted by atomic mass is 16.5. The summed E-state index contributed by atoms with van der Waals surface area (Å²) in [6.45, 7) is 0.882. The van der Waals surface area contributed by atoms with Gasteiger partial charge < -0.3 is 4.74 Å². The highest BCUT2D eigenvalue weighted by Crippen LogP contribution is 2.29. The predicted octanol–water partition coefficient (Wildman–Crippen LogP) is 3.87. The van der Waals surface area contributed by atoms with Crippen molar-refractivity contribution in [3.63, 3.8) is 0 Å². The molecule has 0 N–H and O–H groups in total. The molecular weight excluding hydrogens is 220 g/mol. The van der Waals surface area contributed by atoms with Crippen molar-refractivity contribution in [3.05, 3.63) is 65.7 Å². The molecule has 1 fully saturated rings. The molecular formula is C17H17O. The Labute approximate surface area is 108 Å². The Balaban J connectivity index is 1.59. The number of rotatable bonds is 5. The molecule has 91 valence electrons. The van der Waals surface area contributed by atoms with Gasteiger partial charge in [-0.25, -0.2) is 0 Å². The van der Waals surface area contributed by atoms with E-state index >= 15 is 0 Å². The molecule has 0 aliphatic heterocycles. The van der Waals surface area contributed by atoms with Gasteiger partial charge in [-0.05, 0) is 54.5 Å². The van der Waals surface area contributed by atoms with Crippen molar-refractivity contribution in [1.29, 1.82) is 0 Å². The minimum atomic E-state index is 0.810. The van der Waals surface area contributed by atoms with Gasteiger partial charge in [-0.2, -0.15) is 0 Å². The van der Waals surface area contributed by atoms with Gasteiger partial charge in [0.05, 0.1) is 6.61 Å². The minimum Gasteiger partial charge on any atom is -0.493 e. The first-order valence-corrected chi connectivity index (χ1v) is 6.57. The molecule has 2 aromatic carbocycles. The van der Waals surface area contributed by atoms with Gasteiger partial charge in [-0.1, -0.05) is 36.4 Å². The fourth-order valence-electron chi connectivity index (χ4n) is 1.98. The van der Waals surface area contributed by atoms with Crippen molar-refractivity contribution in [2.45, 2.75) is 19.3 Å². The number of ether oxygens (including phenoxy) is 1. The predicted molar refractivity (Wildman–Crippen MR) is 72.7 cm³/mol. The molecule has 0 aromatic heterocycles. The zero-order valence-electron chi connectivity index (χ0n) is 10.4. The van der Waals surface area contributed by atoms with Crippen LogP contribution in [0.5, 0.6) is 5.75 Å². The lowest BCUT2D eigenvalue weighted by molar-refractivity contribution is 0.299. The fourth-order valence-corrected chi connectivity index (χ4v) is 1.98. The lowest BCUT2D eigenvalue weighted by Crippen LogP contribution is -1.98. The van der Waals surface area contributed by atoms with E-state index in [1.165, 1.54) is 24.0 Å². The van der Waals surface area contributed by atoms with E-state index < -0.39 is 0 Å². The summed E-state index contributed by atoms with van der Waals surface area (Å²) < 4.78 is 5.73. The van der Waals surface area contributed by atoms with Crippen LogP contribution in [0.4, 0.5) is 0 Å². The maximum Gasteiger partial charge on any atom is 0.119 e. The lowest BCUT2D eigenvalue weighted by atomic mass is 10.1. The van der Waals surface area contributed by atoms with Gasteiger partial charge >= 0.3 is 0 Å². The SMILES string of the molecule is [c]1cccc(Cc2ccc(OCC3CC3)cc2)c1. The van der Waals surface area contributed by atoms with Crippen molar-refractivity contribution in [3.8, 4) is 5.75 Å². The molecule has 0 amide bonds. The van der Waals surface area contributed by atoms with E-state index in [2.05, 4.69) is 36.4 Å². The summed E-state index contributed by atoms with van der Waals surface area (Å²) in [5, 5.41) is 0. The van der Waals surface area contributed by atoms with Crippen LogP contribution >= 0.6 is 0 Å². The van der Waals surface area contributed by atoms with Crippen molar-refractivity contribution in [1.82, 2.24) is 0 Å². The van der Waals surface area contributed by atoms with E-state index in [-0.39, 0.29) is 0 Å². The van der Waals surface area contributed by atoms with Gasteiger partial charge in [-0.15, -0.1) is 0 Å². The Bertz CT molecular complexity index is 483. The summed E-state index contributed by atoms with van der Waals surface area (Å²) in [6, 6.07) is 19.7. The molecule has 1 saturated carbocycles. The van der Waals surface area contributed by atoms with Crippen LogP contribution in [0.15, 0.2) is 48.5 Å². The summed E-state index contributed by atoms with van der Waals surface area (Å²) in [4.78, 5) is 0. The quantitative estimate of drug-likeness (QED) is 0.767. The van der Waals surface area contributed by atoms with Crippen LogP contribution in [0.2, 0.25) is 0 Å². The molecule has 18 heavy (non-hydrogen) atoms. The molecule has 0 bridgehead atoms. The summed E-state index contributed by atoms with van der Waals surface area (Å²) in [5.41, 5.74) is 2.61. The molecule has 0 saturated heterocycles. The normalized spacial score (nSPS) is 14.4. The number of hydrogen-bond acceptors (Lipinski definition) is 1. The van der Waals surface area contributed by atoms with Crippen LogP contribution in [0, 0.1) is 12.0 Å². The monoisotopic (exact) mass is 237 g/mol. The molecule has 1 aliphatic carbocycles. The first-order valence-electron chi connectivity index (χ1n) is 6.57. The number of benzene rings is 2. The van der Waals surface area contributed by atoms with E-state index in [0.717, 1.165) is 24.7 Å². The molecule has 0 spiro atoms. The standard InChI is InChI=1S/C17H17O/c1-2-4-14(5-3-1)12-15-8-10-17(11-9-15)18-13-16-6-7-16/h1-2,4-5,8-11,16H,6-7,12-13H2. The van der Waals surface area contributed by atoms with Gasteiger partial charge in [0, 0.05) is 0 Å². The van der Waals surface area contributed by atoms with Gasteiger partial charge in [0.15, 0.2) is 0 Å². The van der Waals surface area contributed by atoms with E-state index in [9.17, 15) is 0 Å². The van der Waals surface area contributed by atoms with Gasteiger partial charge in [-0.3, -0.25) is 0 Å². The Morgan fingerprint density at radius 2 is 1.89 bits per heavy atom. The summed E-state index contributed by atoms with van der Waals surface area (Å²) in [6.07, 6.45) is 3.63. The molecule has 0 heterocycles. The van der Waals surface area contributed by atoms with Crippen LogP contribution < -0.4 is 4.74 Å². The second kappa shape index (κ2) is 5.26. The van der Waals surface area contributed by atoms with Crippen LogP contribution in [0.1, 0.15) is 24.0 Å². The molecule has 3 rings (SSSR count). The first kappa shape index (κ1) is 11.3. The van der Waals surface area contributed by atoms with Crippen LogP contribution in [0.3, 0.4) is 0 Å². The average molecular weight is 237 g/mol. The largest absolute Gasteiger partial charge is 0.493 e. The molecule has 0 unspecified atom stereocenters. The molecule has 1 nitrogen and oxygen atoms in total. The third kappa shape index (κ3) is 3.13. The van der Waals surface area contributed by atoms with E-state index in [1.54, 1.807) is 0 Å². The zero-order chi connectivity index (χ0) is 12.2. The summed E-state index contributed by atoms with van der Waals surface area (Å²) in [7, 11) is 0. The van der Waals surface area contributed by atoms with Gasteiger partial charge in [0.1, 0.15) is 5.75 Å². The maximum atomic E-state index is 5.73. The van der Waals surface area contributed by atoms with Crippen LogP contribution in [0.25, 0.3) is 0 Å². The molecule has 2 aromatic rings. The van der Waals surface area contributed by atoms with E-state index in [0.29, 0.717) is 0 Å². The van der Waals surface area contributed by atoms with E-state index in [4.69, 9.17) is 4.74 Å². The second-order valence-corrected chi connectivity index (χ2v) is 4.99. The van der Waals surface area contributed by atoms with Crippen LogP contribution in [-0.2, 0) is 6.42 Å². The lowest BCUT2D eigenvalue weighted by Gasteiger charge is -2.06.